The number of nitrogens with one attached hydrogen (secondary N) is 3. The molecule has 0 bridgehead atoms. The molecule has 3 amide bonds. The lowest BCUT2D eigenvalue weighted by Gasteiger charge is -2.33. The summed E-state index contributed by atoms with van der Waals surface area (Å²) in [4.78, 5) is 45.4. The van der Waals surface area contributed by atoms with Gasteiger partial charge in [-0.25, -0.2) is 4.79 Å². The van der Waals surface area contributed by atoms with Gasteiger partial charge in [0.2, 0.25) is 17.7 Å². The van der Waals surface area contributed by atoms with Crippen LogP contribution in [0, 0.1) is 0 Å². The van der Waals surface area contributed by atoms with Gasteiger partial charge in [0.25, 0.3) is 0 Å². The molecule has 1 heterocycles. The topological polar surface area (TPSA) is 114 Å². The highest BCUT2D eigenvalue weighted by Gasteiger charge is 2.40. The summed E-state index contributed by atoms with van der Waals surface area (Å²) in [6, 6.07) is -1.34. The Morgan fingerprint density at radius 3 is 2.48 bits per heavy atom. The van der Waals surface area contributed by atoms with Gasteiger partial charge < -0.3 is 20.7 Å². The second-order valence-corrected chi connectivity index (χ2v) is 5.71. The minimum Gasteiger partial charge on any atom is -0.458 e. The fraction of sp³-hybridized carbons (Fsp3) is 0.733. The lowest BCUT2D eigenvalue weighted by Crippen LogP contribution is -2.61. The van der Waals surface area contributed by atoms with Crippen LogP contribution in [-0.2, 0) is 23.9 Å². The minimum absolute atomic E-state index is 0.0627. The second kappa shape index (κ2) is 9.12. The van der Waals surface area contributed by atoms with Crippen molar-refractivity contribution < 1.29 is 23.9 Å². The third-order valence-electron chi connectivity index (χ3n) is 3.55. The van der Waals surface area contributed by atoms with Gasteiger partial charge in [0.15, 0.2) is 6.04 Å². The number of rotatable bonds is 9. The molecule has 0 unspecified atom stereocenters. The van der Waals surface area contributed by atoms with E-state index in [1.807, 2.05) is 0 Å². The molecule has 23 heavy (non-hydrogen) atoms. The van der Waals surface area contributed by atoms with Gasteiger partial charge in [-0.2, -0.15) is 0 Å². The van der Waals surface area contributed by atoms with Crippen LogP contribution in [0.2, 0.25) is 0 Å². The van der Waals surface area contributed by atoms with E-state index < -0.39 is 24.0 Å². The summed E-state index contributed by atoms with van der Waals surface area (Å²) in [5.41, 5.74) is 0. The zero-order chi connectivity index (χ0) is 17.4. The number of cyclic esters (lactones) is 1. The van der Waals surface area contributed by atoms with E-state index in [-0.39, 0.29) is 17.9 Å². The fourth-order valence-corrected chi connectivity index (χ4v) is 2.13. The average Bonchev–Trinajstić information content (AvgIpc) is 2.47. The highest BCUT2D eigenvalue weighted by atomic mass is 16.6. The predicted octanol–water partition coefficient (Wildman–Crippen LogP) is -0.382. The molecule has 0 radical (unpaired) electrons. The number of hydrogen-bond donors (Lipinski definition) is 3. The molecule has 1 aliphatic heterocycles. The monoisotopic (exact) mass is 327 g/mol. The number of esters is 1. The standard InChI is InChI=1S/C15H25N3O5/c1-9(14(21)18-13-10(2)23-15(13)22)17-12(20)7-5-4-6-8-16-11(3)19/h9-10,13H,4-8H2,1-3H3,(H,16,19)(H,17,20)(H,18,21)/t9-,10+,13-/m0/s1. The van der Waals surface area contributed by atoms with Crippen LogP contribution in [0.3, 0.4) is 0 Å². The first-order valence-electron chi connectivity index (χ1n) is 7.86. The van der Waals surface area contributed by atoms with Crippen LogP contribution in [0.15, 0.2) is 0 Å². The third kappa shape index (κ3) is 6.66. The molecule has 0 aromatic rings. The lowest BCUT2D eigenvalue weighted by atomic mass is 10.1. The summed E-state index contributed by atoms with van der Waals surface area (Å²) in [6.45, 7) is 5.32. The lowest BCUT2D eigenvalue weighted by molar-refractivity contribution is -0.176. The molecule has 130 valence electrons. The largest absolute Gasteiger partial charge is 0.458 e. The molecule has 0 aromatic heterocycles. The molecule has 0 spiro atoms. The van der Waals surface area contributed by atoms with Crippen molar-refractivity contribution in [3.8, 4) is 0 Å². The molecule has 0 aromatic carbocycles. The van der Waals surface area contributed by atoms with E-state index in [4.69, 9.17) is 4.74 Å². The molecular weight excluding hydrogens is 302 g/mol. The Bertz CT molecular complexity index is 466. The third-order valence-corrected chi connectivity index (χ3v) is 3.55. The first kappa shape index (κ1) is 18.9. The van der Waals surface area contributed by atoms with Gasteiger partial charge in [-0.15, -0.1) is 0 Å². The maximum atomic E-state index is 11.9. The maximum Gasteiger partial charge on any atom is 0.332 e. The Kier molecular flexibility index (Phi) is 7.50. The SMILES string of the molecule is CC(=O)NCCCCCC(=O)N[C@@H](C)C(=O)N[C@@H]1C(=O)O[C@@H]1C. The summed E-state index contributed by atoms with van der Waals surface area (Å²) in [5.74, 6) is -1.13. The van der Waals surface area contributed by atoms with Gasteiger partial charge in [0.1, 0.15) is 12.1 Å². The molecule has 1 rings (SSSR count). The van der Waals surface area contributed by atoms with Crippen LogP contribution in [0.1, 0.15) is 46.5 Å². The zero-order valence-electron chi connectivity index (χ0n) is 13.8. The number of hydrogen-bond acceptors (Lipinski definition) is 5. The zero-order valence-corrected chi connectivity index (χ0v) is 13.8. The molecule has 1 fully saturated rings. The summed E-state index contributed by atoms with van der Waals surface area (Å²) in [6.07, 6.45) is 2.30. The molecule has 0 aliphatic carbocycles. The van der Waals surface area contributed by atoms with E-state index in [9.17, 15) is 19.2 Å². The molecule has 0 saturated carbocycles. The van der Waals surface area contributed by atoms with Crippen molar-refractivity contribution in [2.45, 2.75) is 64.6 Å². The van der Waals surface area contributed by atoms with E-state index in [0.29, 0.717) is 19.4 Å². The van der Waals surface area contributed by atoms with Crippen molar-refractivity contribution in [1.29, 1.82) is 0 Å². The van der Waals surface area contributed by atoms with E-state index >= 15 is 0 Å². The first-order valence-corrected chi connectivity index (χ1v) is 7.86. The molecule has 8 heteroatoms. The summed E-state index contributed by atoms with van der Waals surface area (Å²) in [7, 11) is 0. The van der Waals surface area contributed by atoms with E-state index in [1.54, 1.807) is 13.8 Å². The van der Waals surface area contributed by atoms with Gasteiger partial charge in [-0.05, 0) is 26.7 Å². The van der Waals surface area contributed by atoms with Crippen molar-refractivity contribution in [2.75, 3.05) is 6.54 Å². The fourth-order valence-electron chi connectivity index (χ4n) is 2.13. The molecule has 1 aliphatic rings. The van der Waals surface area contributed by atoms with Gasteiger partial charge in [-0.3, -0.25) is 14.4 Å². The smallest absolute Gasteiger partial charge is 0.332 e. The van der Waals surface area contributed by atoms with E-state index in [0.717, 1.165) is 12.8 Å². The van der Waals surface area contributed by atoms with Crippen LogP contribution in [0.4, 0.5) is 0 Å². The Balaban J connectivity index is 2.14. The minimum atomic E-state index is -0.706. The van der Waals surface area contributed by atoms with Crippen LogP contribution >= 0.6 is 0 Å². The highest BCUT2D eigenvalue weighted by Crippen LogP contribution is 2.13. The van der Waals surface area contributed by atoms with Crippen molar-refractivity contribution in [2.24, 2.45) is 0 Å². The molecule has 3 N–H and O–H groups in total. The first-order chi connectivity index (χ1) is 10.8. The Hall–Kier alpha value is -2.12. The summed E-state index contributed by atoms with van der Waals surface area (Å²) < 4.78 is 4.75. The summed E-state index contributed by atoms with van der Waals surface area (Å²) >= 11 is 0. The number of carbonyl (C=O) groups is 4. The Labute approximate surface area is 135 Å². The van der Waals surface area contributed by atoms with Crippen molar-refractivity contribution >= 4 is 23.7 Å². The van der Waals surface area contributed by atoms with E-state index in [1.165, 1.54) is 6.92 Å². The van der Waals surface area contributed by atoms with Crippen LogP contribution in [0.25, 0.3) is 0 Å². The quantitative estimate of drug-likeness (QED) is 0.394. The second-order valence-electron chi connectivity index (χ2n) is 5.71. The van der Waals surface area contributed by atoms with Crippen molar-refractivity contribution in [1.82, 2.24) is 16.0 Å². The van der Waals surface area contributed by atoms with Gasteiger partial charge in [0.05, 0.1) is 0 Å². The maximum absolute atomic E-state index is 11.9. The van der Waals surface area contributed by atoms with Crippen molar-refractivity contribution in [3.63, 3.8) is 0 Å². The Morgan fingerprint density at radius 1 is 1.22 bits per heavy atom. The van der Waals surface area contributed by atoms with E-state index in [2.05, 4.69) is 16.0 Å². The normalized spacial score (nSPS) is 20.7. The number of unbranched alkanes of at least 4 members (excludes halogenated alkanes) is 2. The van der Waals surface area contributed by atoms with Crippen LogP contribution in [-0.4, -0.2) is 48.4 Å². The predicted molar refractivity (Wildman–Crippen MR) is 82.2 cm³/mol. The van der Waals surface area contributed by atoms with Crippen LogP contribution in [0.5, 0.6) is 0 Å². The highest BCUT2D eigenvalue weighted by molar-refractivity contribution is 5.92. The molecule has 8 nitrogen and oxygen atoms in total. The summed E-state index contributed by atoms with van der Waals surface area (Å²) in [5, 5.41) is 7.83. The van der Waals surface area contributed by atoms with Gasteiger partial charge in [0, 0.05) is 19.9 Å². The van der Waals surface area contributed by atoms with Crippen LogP contribution < -0.4 is 16.0 Å². The Morgan fingerprint density at radius 2 is 1.91 bits per heavy atom. The van der Waals surface area contributed by atoms with Crippen molar-refractivity contribution in [3.05, 3.63) is 0 Å². The van der Waals surface area contributed by atoms with Gasteiger partial charge in [-0.1, -0.05) is 6.42 Å². The number of carbonyl (C=O) groups excluding carboxylic acids is 4. The van der Waals surface area contributed by atoms with Gasteiger partial charge >= 0.3 is 5.97 Å². The average molecular weight is 327 g/mol. The molecular formula is C15H25N3O5. The molecule has 1 saturated heterocycles. The number of amides is 3. The number of ether oxygens (including phenoxy) is 1. The molecule has 3 atom stereocenters.